The summed E-state index contributed by atoms with van der Waals surface area (Å²) < 4.78 is 23.5. The molecule has 0 aliphatic carbocycles. The van der Waals surface area contributed by atoms with Crippen molar-refractivity contribution in [1.29, 1.82) is 0 Å². The minimum atomic E-state index is -2.75. The predicted octanol–water partition coefficient (Wildman–Crippen LogP) is -1.29. The predicted molar refractivity (Wildman–Crippen MR) is 33.1 cm³/mol. The van der Waals surface area contributed by atoms with Crippen molar-refractivity contribution in [3.05, 3.63) is 0 Å². The van der Waals surface area contributed by atoms with E-state index in [2.05, 4.69) is 15.4 Å². The number of rotatable bonds is 4. The van der Waals surface area contributed by atoms with Gasteiger partial charge < -0.3 is 0 Å². The number of hydrogen-bond donors (Lipinski definition) is 2. The van der Waals surface area contributed by atoms with Crippen molar-refractivity contribution >= 4 is 11.0 Å². The Morgan fingerprint density at radius 3 is 2.78 bits per heavy atom. The molecule has 0 unspecified atom stereocenters. The van der Waals surface area contributed by atoms with Crippen LogP contribution in [0, 0.1) is 12.3 Å². The van der Waals surface area contributed by atoms with E-state index in [9.17, 15) is 8.42 Å². The minimum Gasteiger partial charge on any atom is -0.282 e. The van der Waals surface area contributed by atoms with Gasteiger partial charge in [0.2, 0.25) is 0 Å². The molecule has 0 aliphatic rings. The largest absolute Gasteiger partial charge is 0.282 e. The van der Waals surface area contributed by atoms with E-state index < -0.39 is 11.0 Å². The van der Waals surface area contributed by atoms with Gasteiger partial charge in [0.15, 0.2) is 0 Å². The molecule has 0 atom stereocenters. The average Bonchev–Trinajstić information content (AvgIpc) is 1.80. The fourth-order valence-electron chi connectivity index (χ4n) is 0.222. The molecule has 0 aromatic rings. The van der Waals surface area contributed by atoms with Crippen LogP contribution in [0.3, 0.4) is 0 Å². The third-order valence-corrected chi connectivity index (χ3v) is 0.839. The van der Waals surface area contributed by atoms with E-state index in [-0.39, 0.29) is 6.73 Å². The fourth-order valence-corrected chi connectivity index (χ4v) is 0.418. The molecule has 9 heavy (non-hydrogen) atoms. The van der Waals surface area contributed by atoms with E-state index in [0.717, 1.165) is 0 Å². The van der Waals surface area contributed by atoms with Gasteiger partial charge in [-0.05, 0) is 0 Å². The number of hydrogen-bond acceptors (Lipinski definition) is 4. The van der Waals surface area contributed by atoms with Crippen molar-refractivity contribution in [2.24, 2.45) is 0 Å². The normalized spacial score (nSPS) is 9.33. The van der Waals surface area contributed by atoms with Crippen LogP contribution in [-0.4, -0.2) is 21.7 Å². The molecule has 0 saturated carbocycles. The molecule has 4 nitrogen and oxygen atoms in total. The van der Waals surface area contributed by atoms with Crippen LogP contribution in [0.1, 0.15) is 0 Å². The minimum absolute atomic E-state index is 0.0527. The first-order chi connectivity index (χ1) is 4.27. The van der Waals surface area contributed by atoms with E-state index in [0.29, 0.717) is 6.54 Å². The molecule has 0 amide bonds. The lowest BCUT2D eigenvalue weighted by atomic mass is 10.7. The number of terminal acetylenes is 1. The summed E-state index contributed by atoms with van der Waals surface area (Å²) in [6, 6.07) is 0. The van der Waals surface area contributed by atoms with Crippen molar-refractivity contribution in [2.45, 2.75) is 0 Å². The van der Waals surface area contributed by atoms with E-state index >= 15 is 0 Å². The van der Waals surface area contributed by atoms with Crippen LogP contribution >= 0.6 is 0 Å². The maximum Gasteiger partial charge on any atom is 0.258 e. The third kappa shape index (κ3) is 7.43. The molecular formula is C4H7NO3S. The van der Waals surface area contributed by atoms with E-state index in [4.69, 9.17) is 6.42 Å². The Bertz CT molecular complexity index is 161. The van der Waals surface area contributed by atoms with Gasteiger partial charge in [-0.15, -0.1) is 6.42 Å². The zero-order valence-corrected chi connectivity index (χ0v) is 5.56. The highest BCUT2D eigenvalue weighted by molar-refractivity contribution is 7.67. The Morgan fingerprint density at radius 2 is 2.33 bits per heavy atom. The number of thiol groups is 1. The van der Waals surface area contributed by atoms with E-state index in [1.54, 1.807) is 0 Å². The highest BCUT2D eigenvalue weighted by atomic mass is 32.2. The molecule has 52 valence electrons. The van der Waals surface area contributed by atoms with Crippen molar-refractivity contribution in [1.82, 2.24) is 5.32 Å². The molecule has 5 heteroatoms. The van der Waals surface area contributed by atoms with Gasteiger partial charge in [0, 0.05) is 0 Å². The van der Waals surface area contributed by atoms with Gasteiger partial charge in [-0.1, -0.05) is 5.92 Å². The van der Waals surface area contributed by atoms with Gasteiger partial charge in [-0.2, -0.15) is 0 Å². The average molecular weight is 149 g/mol. The Labute approximate surface area is 55.4 Å². The van der Waals surface area contributed by atoms with Crippen molar-refractivity contribution in [3.8, 4) is 12.3 Å². The van der Waals surface area contributed by atoms with Crippen LogP contribution in [0.25, 0.3) is 0 Å². The maximum atomic E-state index is 9.69. The molecule has 0 aliphatic heterocycles. The molecule has 0 heterocycles. The van der Waals surface area contributed by atoms with E-state index in [1.807, 2.05) is 0 Å². The quantitative estimate of drug-likeness (QED) is 0.226. The van der Waals surface area contributed by atoms with E-state index in [1.165, 1.54) is 0 Å². The highest BCUT2D eigenvalue weighted by Gasteiger charge is 1.82. The summed E-state index contributed by atoms with van der Waals surface area (Å²) in [5, 5.41) is 2.52. The lowest BCUT2D eigenvalue weighted by molar-refractivity contribution is 0.307. The molecule has 0 aromatic heterocycles. The standard InChI is InChI=1S/C4H7NO3S/c1-2-3-5-4-8-9(6)7/h1,5,9H,3-4H2. The lowest BCUT2D eigenvalue weighted by Gasteiger charge is -1.93. The summed E-state index contributed by atoms with van der Waals surface area (Å²) in [4.78, 5) is 0. The second-order valence-corrected chi connectivity index (χ2v) is 1.83. The summed E-state index contributed by atoms with van der Waals surface area (Å²) in [7, 11) is -2.75. The molecule has 0 bridgehead atoms. The molecule has 0 radical (unpaired) electrons. The van der Waals surface area contributed by atoms with Gasteiger partial charge in [0.05, 0.1) is 6.54 Å². The zero-order valence-electron chi connectivity index (χ0n) is 4.66. The molecule has 0 saturated heterocycles. The Kier molecular flexibility index (Phi) is 5.21. The topological polar surface area (TPSA) is 55.4 Å². The molecule has 0 rings (SSSR count). The summed E-state index contributed by atoms with van der Waals surface area (Å²) in [5.41, 5.74) is 0. The molecule has 0 aromatic carbocycles. The Balaban J connectivity index is 3.03. The Morgan fingerprint density at radius 1 is 1.67 bits per heavy atom. The van der Waals surface area contributed by atoms with Crippen LogP contribution in [0.2, 0.25) is 0 Å². The second-order valence-electron chi connectivity index (χ2n) is 1.13. The van der Waals surface area contributed by atoms with Gasteiger partial charge >= 0.3 is 0 Å². The summed E-state index contributed by atoms with van der Waals surface area (Å²) >= 11 is 0. The lowest BCUT2D eigenvalue weighted by Crippen LogP contribution is -2.17. The van der Waals surface area contributed by atoms with Crippen LogP contribution in [0.4, 0.5) is 0 Å². The van der Waals surface area contributed by atoms with Crippen molar-refractivity contribution < 1.29 is 12.6 Å². The molecule has 0 fully saturated rings. The SMILES string of the molecule is C#CCNCO[SH](=O)=O. The van der Waals surface area contributed by atoms with Gasteiger partial charge in [-0.25, -0.2) is 8.42 Å². The summed E-state index contributed by atoms with van der Waals surface area (Å²) in [5.74, 6) is 2.25. The first-order valence-electron chi connectivity index (χ1n) is 2.19. The molecular weight excluding hydrogens is 142 g/mol. The first-order valence-corrected chi connectivity index (χ1v) is 3.28. The van der Waals surface area contributed by atoms with Crippen LogP contribution in [0.15, 0.2) is 0 Å². The smallest absolute Gasteiger partial charge is 0.258 e. The second kappa shape index (κ2) is 5.56. The number of nitrogens with one attached hydrogen (secondary N) is 1. The van der Waals surface area contributed by atoms with Gasteiger partial charge in [0.1, 0.15) is 6.73 Å². The first kappa shape index (κ1) is 8.43. The highest BCUT2D eigenvalue weighted by Crippen LogP contribution is 1.65. The summed E-state index contributed by atoms with van der Waals surface area (Å²) in [6.45, 7) is 0.256. The van der Waals surface area contributed by atoms with Crippen molar-refractivity contribution in [2.75, 3.05) is 13.3 Å². The third-order valence-electron chi connectivity index (χ3n) is 0.499. The van der Waals surface area contributed by atoms with Crippen LogP contribution in [-0.2, 0) is 15.2 Å². The monoisotopic (exact) mass is 149 g/mol. The maximum absolute atomic E-state index is 9.69. The van der Waals surface area contributed by atoms with Crippen LogP contribution < -0.4 is 5.32 Å². The van der Waals surface area contributed by atoms with Crippen LogP contribution in [0.5, 0.6) is 0 Å². The summed E-state index contributed by atoms with van der Waals surface area (Å²) in [6.07, 6.45) is 4.83. The Hall–Kier alpha value is -0.570. The van der Waals surface area contributed by atoms with Gasteiger partial charge in [-0.3, -0.25) is 9.50 Å². The fraction of sp³-hybridized carbons (Fsp3) is 0.500. The zero-order chi connectivity index (χ0) is 7.11. The molecule has 1 N–H and O–H groups in total. The molecule has 0 spiro atoms. The van der Waals surface area contributed by atoms with Gasteiger partial charge in [0.25, 0.3) is 11.0 Å². The van der Waals surface area contributed by atoms with Crippen molar-refractivity contribution in [3.63, 3.8) is 0 Å².